The number of benzene rings is 1. The minimum atomic E-state index is -0.366. The van der Waals surface area contributed by atoms with E-state index in [0.29, 0.717) is 24.5 Å². The van der Waals surface area contributed by atoms with Gasteiger partial charge in [0.15, 0.2) is 0 Å². The van der Waals surface area contributed by atoms with Crippen LogP contribution < -0.4 is 10.2 Å². The van der Waals surface area contributed by atoms with Crippen molar-refractivity contribution in [3.63, 3.8) is 0 Å². The van der Waals surface area contributed by atoms with Crippen molar-refractivity contribution in [3.05, 3.63) is 83.2 Å². The maximum absolute atomic E-state index is 12.9. The molecule has 0 aliphatic carbocycles. The number of nitrogens with zero attached hydrogens (tertiary/aromatic N) is 5. The van der Waals surface area contributed by atoms with Crippen LogP contribution in [0.15, 0.2) is 60.8 Å². The van der Waals surface area contributed by atoms with Gasteiger partial charge in [-0.3, -0.25) is 9.78 Å². The average molecular weight is 565 g/mol. The van der Waals surface area contributed by atoms with Gasteiger partial charge >= 0.3 is 0 Å². The molecule has 216 valence electrons. The second-order valence-electron chi connectivity index (χ2n) is 10.4. The van der Waals surface area contributed by atoms with Gasteiger partial charge in [-0.1, -0.05) is 26.0 Å². The van der Waals surface area contributed by atoms with Crippen molar-refractivity contribution >= 4 is 22.6 Å². The molecule has 3 unspecified atom stereocenters. The maximum atomic E-state index is 12.9. The summed E-state index contributed by atoms with van der Waals surface area (Å²) >= 11 is 0. The van der Waals surface area contributed by atoms with Crippen LogP contribution >= 0.6 is 0 Å². The quantitative estimate of drug-likeness (QED) is 0.343. The molecule has 9 heteroatoms. The van der Waals surface area contributed by atoms with Gasteiger partial charge in [-0.05, 0) is 67.4 Å². The first-order valence-electron chi connectivity index (χ1n) is 14.5. The Hall–Kier alpha value is -4.39. The number of carbonyl (C=O) groups excluding carboxylic acids is 1. The zero-order valence-corrected chi connectivity index (χ0v) is 24.5. The van der Waals surface area contributed by atoms with Gasteiger partial charge in [0.1, 0.15) is 5.82 Å². The molecule has 1 saturated heterocycles. The largest absolute Gasteiger partial charge is 0.375 e. The Labute approximate surface area is 246 Å². The predicted molar refractivity (Wildman–Crippen MR) is 162 cm³/mol. The molecule has 0 radical (unpaired) electrons. The summed E-state index contributed by atoms with van der Waals surface area (Å²) in [5, 5.41) is 13.3. The number of nitriles is 1. The molecule has 3 aromatic heterocycles. The molecule has 1 amide bonds. The number of morpholine rings is 1. The van der Waals surface area contributed by atoms with Crippen molar-refractivity contribution in [2.75, 3.05) is 24.6 Å². The van der Waals surface area contributed by atoms with Crippen LogP contribution in [-0.2, 0) is 22.6 Å². The molecule has 1 aromatic carbocycles. The smallest absolute Gasteiger partial charge is 0.251 e. The van der Waals surface area contributed by atoms with Crippen molar-refractivity contribution in [1.29, 1.82) is 5.26 Å². The summed E-state index contributed by atoms with van der Waals surface area (Å²) in [6, 6.07) is 19.5. The van der Waals surface area contributed by atoms with Gasteiger partial charge in [-0.15, -0.1) is 0 Å². The Bertz CT molecular complexity index is 1610. The highest BCUT2D eigenvalue weighted by atomic mass is 16.5. The van der Waals surface area contributed by atoms with Gasteiger partial charge in [-0.25, -0.2) is 9.97 Å². The molecule has 4 aromatic rings. The van der Waals surface area contributed by atoms with E-state index in [-0.39, 0.29) is 30.6 Å². The summed E-state index contributed by atoms with van der Waals surface area (Å²) < 4.78 is 11.3. The molecular formula is C33H36N6O3. The normalized spacial score (nSPS) is 19.7. The molecule has 0 saturated carbocycles. The highest BCUT2D eigenvalue weighted by molar-refractivity contribution is 5.94. The maximum Gasteiger partial charge on any atom is 0.251 e. The number of aromatic nitrogens is 3. The second-order valence-corrected chi connectivity index (χ2v) is 10.4. The SMILES string of the molecule is CC.CC1CN(c2cccc(-c3ccc4cnc(CNC(=O)c5ccc6c(c5)C(C#N)COC6)cc4n3)n2)CC(C)O1. The summed E-state index contributed by atoms with van der Waals surface area (Å²) in [5.74, 6) is 0.327. The van der Waals surface area contributed by atoms with Crippen molar-refractivity contribution in [2.45, 2.75) is 59.0 Å². The molecule has 5 heterocycles. The van der Waals surface area contributed by atoms with Crippen molar-refractivity contribution < 1.29 is 14.3 Å². The van der Waals surface area contributed by atoms with E-state index in [4.69, 9.17) is 19.4 Å². The number of rotatable bonds is 5. The highest BCUT2D eigenvalue weighted by Gasteiger charge is 2.24. The third-order valence-corrected chi connectivity index (χ3v) is 7.28. The molecule has 1 N–H and O–H groups in total. The molecule has 2 aliphatic heterocycles. The zero-order chi connectivity index (χ0) is 29.6. The molecule has 0 spiro atoms. The lowest BCUT2D eigenvalue weighted by Gasteiger charge is -2.36. The van der Waals surface area contributed by atoms with E-state index in [1.54, 1.807) is 18.3 Å². The Morgan fingerprint density at radius 1 is 1.05 bits per heavy atom. The minimum Gasteiger partial charge on any atom is -0.375 e. The van der Waals surface area contributed by atoms with Crippen LogP contribution in [0.25, 0.3) is 22.3 Å². The number of fused-ring (bicyclic) bond motifs is 2. The molecule has 1 fully saturated rings. The summed E-state index contributed by atoms with van der Waals surface area (Å²) in [4.78, 5) is 29.5. The van der Waals surface area contributed by atoms with E-state index >= 15 is 0 Å². The van der Waals surface area contributed by atoms with Crippen LogP contribution in [0, 0.1) is 11.3 Å². The van der Waals surface area contributed by atoms with Crippen molar-refractivity contribution in [2.24, 2.45) is 0 Å². The van der Waals surface area contributed by atoms with Crippen molar-refractivity contribution in [3.8, 4) is 17.5 Å². The Morgan fingerprint density at radius 3 is 2.62 bits per heavy atom. The number of hydrogen-bond acceptors (Lipinski definition) is 8. The Balaban J connectivity index is 0.00000173. The van der Waals surface area contributed by atoms with Crippen LogP contribution in [0.4, 0.5) is 5.82 Å². The number of nitrogens with one attached hydrogen (secondary N) is 1. The fraction of sp³-hybridized carbons (Fsp3) is 0.364. The van der Waals surface area contributed by atoms with Crippen LogP contribution in [0.5, 0.6) is 0 Å². The van der Waals surface area contributed by atoms with Crippen LogP contribution in [-0.4, -0.2) is 52.8 Å². The number of anilines is 1. The lowest BCUT2D eigenvalue weighted by atomic mass is 9.92. The lowest BCUT2D eigenvalue weighted by Crippen LogP contribution is -2.45. The number of hydrogen-bond donors (Lipinski definition) is 1. The molecular weight excluding hydrogens is 528 g/mol. The summed E-state index contributed by atoms with van der Waals surface area (Å²) in [7, 11) is 0. The Kier molecular flexibility index (Phi) is 9.06. The van der Waals surface area contributed by atoms with E-state index in [9.17, 15) is 10.1 Å². The topological polar surface area (TPSA) is 113 Å². The zero-order valence-electron chi connectivity index (χ0n) is 24.5. The highest BCUT2D eigenvalue weighted by Crippen LogP contribution is 2.27. The predicted octanol–water partition coefficient (Wildman–Crippen LogP) is 5.40. The first kappa shape index (κ1) is 29.1. The second kappa shape index (κ2) is 13.1. The molecule has 0 bridgehead atoms. The van der Waals surface area contributed by atoms with E-state index in [1.807, 2.05) is 56.3 Å². The van der Waals surface area contributed by atoms with Crippen LogP contribution in [0.1, 0.15) is 60.8 Å². The van der Waals surface area contributed by atoms with Gasteiger partial charge in [0, 0.05) is 30.2 Å². The average Bonchev–Trinajstić information content (AvgIpc) is 3.03. The van der Waals surface area contributed by atoms with Gasteiger partial charge in [0.25, 0.3) is 5.91 Å². The van der Waals surface area contributed by atoms with Gasteiger partial charge < -0.3 is 19.7 Å². The van der Waals surface area contributed by atoms with Gasteiger partial charge in [0.2, 0.25) is 0 Å². The fourth-order valence-corrected chi connectivity index (χ4v) is 5.35. The van der Waals surface area contributed by atoms with E-state index in [2.05, 4.69) is 35.1 Å². The molecule has 2 aliphatic rings. The summed E-state index contributed by atoms with van der Waals surface area (Å²) in [6.45, 7) is 10.8. The first-order valence-corrected chi connectivity index (χ1v) is 14.5. The number of amides is 1. The third kappa shape index (κ3) is 6.40. The molecule has 9 nitrogen and oxygen atoms in total. The third-order valence-electron chi connectivity index (χ3n) is 7.28. The first-order chi connectivity index (χ1) is 20.5. The lowest BCUT2D eigenvalue weighted by molar-refractivity contribution is -0.00545. The standard InChI is InChI=1S/C31H30N6O3.C2H6/c1-19-15-37(16-20(2)40-19)30-5-3-4-27(36-30)28-9-8-22-13-33-25(11-29(22)35-28)14-34-31(38)21-6-7-23-17-39-18-24(12-32)26(23)10-21;1-2/h3-11,13,19-20,24H,14-18H2,1-2H3,(H,34,38);1-2H3. The summed E-state index contributed by atoms with van der Waals surface area (Å²) in [6.07, 6.45) is 2.07. The minimum absolute atomic E-state index is 0.149. The van der Waals surface area contributed by atoms with E-state index in [0.717, 1.165) is 52.3 Å². The number of carbonyl (C=O) groups is 1. The molecule has 3 atom stereocenters. The molecule has 42 heavy (non-hydrogen) atoms. The number of pyridine rings is 3. The Morgan fingerprint density at radius 2 is 1.83 bits per heavy atom. The molecule has 6 rings (SSSR count). The fourth-order valence-electron chi connectivity index (χ4n) is 5.35. The number of ether oxygens (including phenoxy) is 2. The monoisotopic (exact) mass is 564 g/mol. The van der Waals surface area contributed by atoms with Crippen LogP contribution in [0.2, 0.25) is 0 Å². The van der Waals surface area contributed by atoms with Crippen molar-refractivity contribution in [1.82, 2.24) is 20.3 Å². The van der Waals surface area contributed by atoms with E-state index in [1.165, 1.54) is 0 Å². The van der Waals surface area contributed by atoms with Gasteiger partial charge in [-0.2, -0.15) is 5.26 Å². The van der Waals surface area contributed by atoms with Gasteiger partial charge in [0.05, 0.1) is 66.6 Å². The van der Waals surface area contributed by atoms with E-state index < -0.39 is 0 Å². The van der Waals surface area contributed by atoms with Crippen LogP contribution in [0.3, 0.4) is 0 Å². The summed E-state index contributed by atoms with van der Waals surface area (Å²) in [5.41, 5.74) is 5.37.